The predicted octanol–water partition coefficient (Wildman–Crippen LogP) is 3.66. The van der Waals surface area contributed by atoms with E-state index in [-0.39, 0.29) is 11.9 Å². The highest BCUT2D eigenvalue weighted by atomic mass is 32.1. The second kappa shape index (κ2) is 8.39. The highest BCUT2D eigenvalue weighted by Crippen LogP contribution is 2.32. The Morgan fingerprint density at radius 1 is 1.33 bits per heavy atom. The summed E-state index contributed by atoms with van der Waals surface area (Å²) >= 11 is 1.63. The van der Waals surface area contributed by atoms with Crippen molar-refractivity contribution in [3.05, 3.63) is 47.0 Å². The van der Waals surface area contributed by atoms with Crippen molar-refractivity contribution in [1.82, 2.24) is 25.0 Å². The minimum absolute atomic E-state index is 0.131. The molecule has 0 aromatic carbocycles. The molecule has 140 valence electrons. The molecule has 3 aromatic heterocycles. The van der Waals surface area contributed by atoms with E-state index in [4.69, 9.17) is 4.52 Å². The third-order valence-electron chi connectivity index (χ3n) is 4.73. The van der Waals surface area contributed by atoms with E-state index in [0.717, 1.165) is 36.4 Å². The maximum Gasteiger partial charge on any atom is 0.226 e. The Bertz CT molecular complexity index is 865. The van der Waals surface area contributed by atoms with Crippen molar-refractivity contribution in [3.8, 4) is 11.4 Å². The van der Waals surface area contributed by atoms with Gasteiger partial charge in [0.05, 0.1) is 6.04 Å². The first-order chi connectivity index (χ1) is 13.3. The largest absolute Gasteiger partial charge is 0.339 e. The summed E-state index contributed by atoms with van der Waals surface area (Å²) in [5.74, 6) is 1.27. The fourth-order valence-electron chi connectivity index (χ4n) is 3.39. The van der Waals surface area contributed by atoms with Crippen molar-refractivity contribution in [2.45, 2.75) is 44.6 Å². The molecular weight excluding hydrogens is 362 g/mol. The maximum absolute atomic E-state index is 12.7. The molecule has 0 aliphatic carbocycles. The molecule has 1 amide bonds. The summed E-state index contributed by atoms with van der Waals surface area (Å²) < 4.78 is 5.30. The number of rotatable bonds is 6. The number of aryl methyl sites for hydroxylation is 1. The topological polar surface area (TPSA) is 85.0 Å². The maximum atomic E-state index is 12.7. The molecule has 1 unspecified atom stereocenters. The van der Waals surface area contributed by atoms with Gasteiger partial charge in [-0.05, 0) is 37.8 Å². The SMILES string of the molecule is O=C(CCCc1nc(-c2cccnc2)no1)N1CCCCC1c1nccs1. The van der Waals surface area contributed by atoms with Gasteiger partial charge < -0.3 is 9.42 Å². The lowest BCUT2D eigenvalue weighted by molar-refractivity contribution is -0.135. The van der Waals surface area contributed by atoms with E-state index in [1.165, 1.54) is 0 Å². The van der Waals surface area contributed by atoms with Crippen molar-refractivity contribution >= 4 is 17.2 Å². The van der Waals surface area contributed by atoms with E-state index >= 15 is 0 Å². The number of piperidine rings is 1. The van der Waals surface area contributed by atoms with Crippen molar-refractivity contribution in [3.63, 3.8) is 0 Å². The average molecular weight is 383 g/mol. The van der Waals surface area contributed by atoms with Gasteiger partial charge in [-0.15, -0.1) is 11.3 Å². The van der Waals surface area contributed by atoms with Crippen LogP contribution in [0.15, 0.2) is 40.6 Å². The quantitative estimate of drug-likeness (QED) is 0.646. The number of carbonyl (C=O) groups excluding carboxylic acids is 1. The number of likely N-dealkylation sites (tertiary alicyclic amines) is 1. The van der Waals surface area contributed by atoms with Gasteiger partial charge >= 0.3 is 0 Å². The zero-order chi connectivity index (χ0) is 18.5. The van der Waals surface area contributed by atoms with Crippen LogP contribution in [-0.2, 0) is 11.2 Å². The smallest absolute Gasteiger partial charge is 0.226 e. The molecule has 1 atom stereocenters. The third-order valence-corrected chi connectivity index (χ3v) is 5.61. The normalized spacial score (nSPS) is 17.2. The van der Waals surface area contributed by atoms with Crippen LogP contribution in [0.25, 0.3) is 11.4 Å². The number of thiazole rings is 1. The lowest BCUT2D eigenvalue weighted by Crippen LogP contribution is -2.38. The Kier molecular flexibility index (Phi) is 5.53. The molecule has 27 heavy (non-hydrogen) atoms. The summed E-state index contributed by atoms with van der Waals surface area (Å²) in [6, 6.07) is 3.86. The molecule has 4 heterocycles. The summed E-state index contributed by atoms with van der Waals surface area (Å²) in [6.45, 7) is 0.814. The number of carbonyl (C=O) groups is 1. The Morgan fingerprint density at radius 2 is 2.30 bits per heavy atom. The Morgan fingerprint density at radius 3 is 3.11 bits per heavy atom. The van der Waals surface area contributed by atoms with Crippen LogP contribution in [0, 0.1) is 0 Å². The van der Waals surface area contributed by atoms with Crippen LogP contribution in [-0.4, -0.2) is 37.5 Å². The Labute approximate surface area is 161 Å². The van der Waals surface area contributed by atoms with Crippen LogP contribution < -0.4 is 0 Å². The van der Waals surface area contributed by atoms with E-state index in [9.17, 15) is 4.79 Å². The molecule has 4 rings (SSSR count). The van der Waals surface area contributed by atoms with Crippen LogP contribution in [0.3, 0.4) is 0 Å². The third kappa shape index (κ3) is 4.21. The van der Waals surface area contributed by atoms with Gasteiger partial charge in [0.25, 0.3) is 0 Å². The molecule has 0 radical (unpaired) electrons. The van der Waals surface area contributed by atoms with Gasteiger partial charge in [-0.25, -0.2) is 4.98 Å². The molecule has 8 heteroatoms. The first-order valence-corrected chi connectivity index (χ1v) is 10.1. The van der Waals surface area contributed by atoms with Gasteiger partial charge in [0.2, 0.25) is 17.6 Å². The molecule has 0 N–H and O–H groups in total. The molecule has 1 aliphatic heterocycles. The summed E-state index contributed by atoms with van der Waals surface area (Å²) in [7, 11) is 0. The van der Waals surface area contributed by atoms with E-state index in [0.29, 0.717) is 31.0 Å². The second-order valence-corrected chi connectivity index (χ2v) is 7.50. The number of amides is 1. The Hall–Kier alpha value is -2.61. The van der Waals surface area contributed by atoms with Crippen LogP contribution in [0.4, 0.5) is 0 Å². The molecule has 1 saturated heterocycles. The molecule has 3 aromatic rings. The van der Waals surface area contributed by atoms with Crippen molar-refractivity contribution < 1.29 is 9.32 Å². The van der Waals surface area contributed by atoms with Crippen molar-refractivity contribution in [1.29, 1.82) is 0 Å². The summed E-state index contributed by atoms with van der Waals surface area (Å²) in [5, 5.41) is 7.01. The van der Waals surface area contributed by atoms with Crippen molar-refractivity contribution in [2.75, 3.05) is 6.54 Å². The summed E-state index contributed by atoms with van der Waals surface area (Å²) in [6.07, 6.45) is 10.2. The molecule has 0 bridgehead atoms. The van der Waals surface area contributed by atoms with Gasteiger partial charge in [0.15, 0.2) is 0 Å². The zero-order valence-electron chi connectivity index (χ0n) is 15.0. The monoisotopic (exact) mass is 383 g/mol. The zero-order valence-corrected chi connectivity index (χ0v) is 15.8. The highest BCUT2D eigenvalue weighted by molar-refractivity contribution is 7.09. The lowest BCUT2D eigenvalue weighted by atomic mass is 10.0. The van der Waals surface area contributed by atoms with Gasteiger partial charge in [-0.3, -0.25) is 9.78 Å². The lowest BCUT2D eigenvalue weighted by Gasteiger charge is -2.34. The average Bonchev–Trinajstić information content (AvgIpc) is 3.41. The van der Waals surface area contributed by atoms with Gasteiger partial charge in [0, 0.05) is 48.9 Å². The number of aromatic nitrogens is 4. The van der Waals surface area contributed by atoms with E-state index in [2.05, 4.69) is 20.1 Å². The first-order valence-electron chi connectivity index (χ1n) is 9.23. The highest BCUT2D eigenvalue weighted by Gasteiger charge is 2.29. The van der Waals surface area contributed by atoms with Crippen LogP contribution in [0.1, 0.15) is 49.0 Å². The summed E-state index contributed by atoms with van der Waals surface area (Å²) in [5.41, 5.74) is 0.822. The number of pyridine rings is 1. The minimum Gasteiger partial charge on any atom is -0.339 e. The van der Waals surface area contributed by atoms with Crippen molar-refractivity contribution in [2.24, 2.45) is 0 Å². The molecular formula is C19H21N5O2S. The van der Waals surface area contributed by atoms with Gasteiger partial charge in [-0.1, -0.05) is 5.16 Å². The van der Waals surface area contributed by atoms with Crippen LogP contribution >= 0.6 is 11.3 Å². The Balaban J connectivity index is 1.32. The van der Waals surface area contributed by atoms with Crippen LogP contribution in [0.5, 0.6) is 0 Å². The number of hydrogen-bond acceptors (Lipinski definition) is 7. The second-order valence-electron chi connectivity index (χ2n) is 6.58. The van der Waals surface area contributed by atoms with E-state index < -0.39 is 0 Å². The van der Waals surface area contributed by atoms with E-state index in [1.807, 2.05) is 28.6 Å². The first kappa shape index (κ1) is 17.8. The minimum atomic E-state index is 0.131. The standard InChI is InChI=1S/C19H21N5O2S/c25-17(24-11-2-1-6-15(24)19-21-10-12-27-19)8-3-7-16-22-18(23-26-16)14-5-4-9-20-13-14/h4-5,9-10,12-13,15H,1-3,6-8,11H2. The number of hydrogen-bond donors (Lipinski definition) is 0. The van der Waals surface area contributed by atoms with E-state index in [1.54, 1.807) is 23.7 Å². The molecule has 0 spiro atoms. The molecule has 1 aliphatic rings. The predicted molar refractivity (Wildman–Crippen MR) is 101 cm³/mol. The molecule has 7 nitrogen and oxygen atoms in total. The summed E-state index contributed by atoms with van der Waals surface area (Å²) in [4.78, 5) is 27.6. The molecule has 1 fully saturated rings. The van der Waals surface area contributed by atoms with Gasteiger partial charge in [0.1, 0.15) is 5.01 Å². The van der Waals surface area contributed by atoms with Crippen LogP contribution in [0.2, 0.25) is 0 Å². The molecule has 0 saturated carbocycles. The fraction of sp³-hybridized carbons (Fsp3) is 0.421. The van der Waals surface area contributed by atoms with Gasteiger partial charge in [-0.2, -0.15) is 4.98 Å². The number of nitrogens with zero attached hydrogens (tertiary/aromatic N) is 5. The fourth-order valence-corrected chi connectivity index (χ4v) is 4.17.